The molecule has 0 spiro atoms. The van der Waals surface area contributed by atoms with Crippen molar-refractivity contribution in [3.63, 3.8) is 0 Å². The van der Waals surface area contributed by atoms with Gasteiger partial charge in [0.2, 0.25) is 0 Å². The van der Waals surface area contributed by atoms with Crippen LogP contribution in [-0.4, -0.2) is 32.4 Å². The SMILES string of the molecule is COCC(C)n1oc(=O)c(Cc2ccccc2NS(=O)(=O)C(F)(F)F)c1C. The molecule has 7 nitrogen and oxygen atoms in total. The van der Waals surface area contributed by atoms with Gasteiger partial charge in [0.15, 0.2) is 0 Å². The second-order valence-electron chi connectivity index (χ2n) is 5.96. The predicted molar refractivity (Wildman–Crippen MR) is 92.1 cm³/mol. The molecule has 1 unspecified atom stereocenters. The third kappa shape index (κ3) is 4.53. The number of sulfonamides is 1. The minimum absolute atomic E-state index is 0.0998. The van der Waals surface area contributed by atoms with Crippen LogP contribution in [0.2, 0.25) is 0 Å². The highest BCUT2D eigenvalue weighted by atomic mass is 32.2. The van der Waals surface area contributed by atoms with E-state index in [1.54, 1.807) is 13.8 Å². The number of methoxy groups -OCH3 is 1. The van der Waals surface area contributed by atoms with Gasteiger partial charge in [0.1, 0.15) is 0 Å². The Bertz CT molecular complexity index is 963. The molecule has 150 valence electrons. The van der Waals surface area contributed by atoms with Crippen LogP contribution in [0.15, 0.2) is 33.6 Å². The fourth-order valence-electron chi connectivity index (χ4n) is 2.59. The number of benzene rings is 1. The summed E-state index contributed by atoms with van der Waals surface area (Å²) in [6, 6.07) is 5.28. The number of alkyl halides is 3. The molecule has 0 saturated carbocycles. The molecular formula is C16H19F3N2O5S. The second-order valence-corrected chi connectivity index (χ2v) is 7.63. The predicted octanol–water partition coefficient (Wildman–Crippen LogP) is 2.81. The van der Waals surface area contributed by atoms with Gasteiger partial charge >= 0.3 is 21.2 Å². The molecule has 1 atom stereocenters. The van der Waals surface area contributed by atoms with Crippen LogP contribution in [0.4, 0.5) is 18.9 Å². The standard InChI is InChI=1S/C16H19F3N2O5S/c1-10(9-25-3)21-11(2)13(15(22)26-21)8-12-6-4-5-7-14(12)20-27(23,24)16(17,18)19/h4-7,10,20H,8-9H2,1-3H3. The van der Waals surface area contributed by atoms with Crippen molar-refractivity contribution in [1.29, 1.82) is 0 Å². The molecule has 2 rings (SSSR count). The number of aromatic nitrogens is 1. The van der Waals surface area contributed by atoms with Gasteiger partial charge in [-0.25, -0.2) is 9.53 Å². The molecule has 27 heavy (non-hydrogen) atoms. The summed E-state index contributed by atoms with van der Waals surface area (Å²) in [4.78, 5) is 12.2. The van der Waals surface area contributed by atoms with Crippen molar-refractivity contribution in [2.24, 2.45) is 0 Å². The summed E-state index contributed by atoms with van der Waals surface area (Å²) >= 11 is 0. The minimum Gasteiger partial charge on any atom is -0.382 e. The van der Waals surface area contributed by atoms with Crippen LogP contribution in [-0.2, 0) is 21.2 Å². The molecule has 1 aromatic heterocycles. The Morgan fingerprint density at radius 2 is 1.93 bits per heavy atom. The Balaban J connectivity index is 2.39. The average molecular weight is 408 g/mol. The summed E-state index contributed by atoms with van der Waals surface area (Å²) in [6.07, 6.45) is -0.0998. The number of nitrogens with zero attached hydrogens (tertiary/aromatic N) is 1. The Morgan fingerprint density at radius 3 is 2.52 bits per heavy atom. The number of anilines is 1. The van der Waals surface area contributed by atoms with Crippen molar-refractivity contribution in [2.45, 2.75) is 31.8 Å². The Hall–Kier alpha value is -2.27. The van der Waals surface area contributed by atoms with E-state index in [0.717, 1.165) is 0 Å². The summed E-state index contributed by atoms with van der Waals surface area (Å²) in [7, 11) is -4.08. The third-order valence-electron chi connectivity index (χ3n) is 3.94. The summed E-state index contributed by atoms with van der Waals surface area (Å²) in [5.41, 5.74) is -5.45. The highest BCUT2D eigenvalue weighted by molar-refractivity contribution is 7.93. The zero-order valence-electron chi connectivity index (χ0n) is 14.8. The topological polar surface area (TPSA) is 90.5 Å². The van der Waals surface area contributed by atoms with E-state index in [4.69, 9.17) is 9.26 Å². The maximum Gasteiger partial charge on any atom is 0.516 e. The average Bonchev–Trinajstić information content (AvgIpc) is 2.83. The van der Waals surface area contributed by atoms with E-state index < -0.39 is 21.2 Å². The lowest BCUT2D eigenvalue weighted by atomic mass is 10.0. The number of ether oxygens (including phenoxy) is 1. The summed E-state index contributed by atoms with van der Waals surface area (Å²) in [5, 5.41) is 0. The number of hydrogen-bond donors (Lipinski definition) is 1. The van der Waals surface area contributed by atoms with E-state index in [1.165, 1.54) is 40.8 Å². The molecule has 0 amide bonds. The van der Waals surface area contributed by atoms with Crippen molar-refractivity contribution >= 4 is 15.7 Å². The van der Waals surface area contributed by atoms with Gasteiger partial charge in [-0.15, -0.1) is 0 Å². The number of halogens is 3. The Labute approximate surface area is 153 Å². The van der Waals surface area contributed by atoms with Crippen molar-refractivity contribution in [2.75, 3.05) is 18.4 Å². The van der Waals surface area contributed by atoms with E-state index in [0.29, 0.717) is 12.3 Å². The lowest BCUT2D eigenvalue weighted by Gasteiger charge is -2.14. The molecule has 0 aliphatic heterocycles. The maximum absolute atomic E-state index is 12.6. The largest absolute Gasteiger partial charge is 0.516 e. The van der Waals surface area contributed by atoms with E-state index in [1.807, 2.05) is 0 Å². The van der Waals surface area contributed by atoms with Gasteiger partial charge in [0.05, 0.1) is 29.6 Å². The molecule has 0 aliphatic carbocycles. The van der Waals surface area contributed by atoms with E-state index >= 15 is 0 Å². The van der Waals surface area contributed by atoms with Crippen molar-refractivity contribution in [3.05, 3.63) is 51.5 Å². The van der Waals surface area contributed by atoms with Gasteiger partial charge in [-0.2, -0.15) is 21.6 Å². The molecule has 0 aliphatic rings. The second kappa shape index (κ2) is 7.77. The zero-order valence-corrected chi connectivity index (χ0v) is 15.6. The highest BCUT2D eigenvalue weighted by Gasteiger charge is 2.46. The molecule has 1 N–H and O–H groups in total. The molecule has 1 heterocycles. The zero-order chi connectivity index (χ0) is 20.4. The van der Waals surface area contributed by atoms with E-state index in [-0.39, 0.29) is 29.3 Å². The number of para-hydroxylation sites is 1. The van der Waals surface area contributed by atoms with Crippen LogP contribution in [0.3, 0.4) is 0 Å². The highest BCUT2D eigenvalue weighted by Crippen LogP contribution is 2.28. The van der Waals surface area contributed by atoms with Crippen LogP contribution in [0, 0.1) is 6.92 Å². The molecule has 0 fully saturated rings. The summed E-state index contributed by atoms with van der Waals surface area (Å²) in [6.45, 7) is 3.70. The van der Waals surface area contributed by atoms with Crippen LogP contribution in [0.1, 0.15) is 29.8 Å². The summed E-state index contributed by atoms with van der Waals surface area (Å²) in [5.74, 6) is 0. The fraction of sp³-hybridized carbons (Fsp3) is 0.438. The summed E-state index contributed by atoms with van der Waals surface area (Å²) < 4.78 is 73.8. The quantitative estimate of drug-likeness (QED) is 0.761. The first kappa shape index (κ1) is 21.0. The molecule has 11 heteroatoms. The first-order valence-electron chi connectivity index (χ1n) is 7.85. The van der Waals surface area contributed by atoms with Crippen LogP contribution in [0.25, 0.3) is 0 Å². The van der Waals surface area contributed by atoms with Crippen molar-refractivity contribution < 1.29 is 30.8 Å². The third-order valence-corrected chi connectivity index (χ3v) is 5.03. The maximum atomic E-state index is 12.6. The van der Waals surface area contributed by atoms with Gasteiger partial charge in [0, 0.05) is 13.5 Å². The van der Waals surface area contributed by atoms with Gasteiger partial charge in [0.25, 0.3) is 0 Å². The first-order chi connectivity index (χ1) is 12.5. The van der Waals surface area contributed by atoms with E-state index in [2.05, 4.69) is 0 Å². The fourth-order valence-corrected chi connectivity index (χ4v) is 3.19. The molecule has 0 saturated heterocycles. The lowest BCUT2D eigenvalue weighted by Crippen LogP contribution is -2.30. The lowest BCUT2D eigenvalue weighted by molar-refractivity contribution is -0.0429. The van der Waals surface area contributed by atoms with Crippen molar-refractivity contribution in [1.82, 2.24) is 4.74 Å². The molecule has 2 aromatic rings. The molecule has 0 radical (unpaired) electrons. The van der Waals surface area contributed by atoms with Gasteiger partial charge in [-0.3, -0.25) is 4.72 Å². The first-order valence-corrected chi connectivity index (χ1v) is 9.33. The number of nitrogens with one attached hydrogen (secondary N) is 1. The smallest absolute Gasteiger partial charge is 0.382 e. The minimum atomic E-state index is -5.57. The molecule has 0 bridgehead atoms. The molecule has 1 aromatic carbocycles. The normalized spacial score (nSPS) is 13.6. The number of rotatable bonds is 7. The van der Waals surface area contributed by atoms with Crippen LogP contribution < -0.4 is 10.3 Å². The van der Waals surface area contributed by atoms with Crippen LogP contribution >= 0.6 is 0 Å². The van der Waals surface area contributed by atoms with Crippen molar-refractivity contribution in [3.8, 4) is 0 Å². The van der Waals surface area contributed by atoms with Gasteiger partial charge in [-0.1, -0.05) is 18.2 Å². The van der Waals surface area contributed by atoms with Gasteiger partial charge < -0.3 is 9.26 Å². The number of hydrogen-bond acceptors (Lipinski definition) is 5. The van der Waals surface area contributed by atoms with E-state index in [9.17, 15) is 26.4 Å². The Morgan fingerprint density at radius 1 is 1.30 bits per heavy atom. The molecular weight excluding hydrogens is 389 g/mol. The monoisotopic (exact) mass is 408 g/mol. The Kier molecular flexibility index (Phi) is 6.05. The van der Waals surface area contributed by atoms with Gasteiger partial charge in [-0.05, 0) is 25.5 Å². The van der Waals surface area contributed by atoms with Crippen LogP contribution in [0.5, 0.6) is 0 Å².